The Morgan fingerprint density at radius 1 is 1.14 bits per heavy atom. The summed E-state index contributed by atoms with van der Waals surface area (Å²) in [6.45, 7) is 4.02. The molecule has 2 aromatic rings. The Kier molecular flexibility index (Phi) is 6.43. The minimum absolute atomic E-state index is 0.00675. The number of fused-ring (bicyclic) bond motifs is 1. The predicted molar refractivity (Wildman–Crippen MR) is 111 cm³/mol. The van der Waals surface area contributed by atoms with Crippen molar-refractivity contribution in [1.29, 1.82) is 0 Å². The SMILES string of the molecule is CCC(C)NC(=O)Cc1ccc2c(c1)CC(NS(=O)(=O)c1ccc(Cl)cc1)C2. The van der Waals surface area contributed by atoms with Crippen molar-refractivity contribution in [2.75, 3.05) is 0 Å². The van der Waals surface area contributed by atoms with Crippen molar-refractivity contribution in [3.8, 4) is 0 Å². The third kappa shape index (κ3) is 5.13. The topological polar surface area (TPSA) is 75.3 Å². The van der Waals surface area contributed by atoms with Crippen LogP contribution in [0.4, 0.5) is 0 Å². The van der Waals surface area contributed by atoms with E-state index in [4.69, 9.17) is 11.6 Å². The molecule has 1 aliphatic carbocycles. The summed E-state index contributed by atoms with van der Waals surface area (Å²) in [5, 5.41) is 3.47. The van der Waals surface area contributed by atoms with Crippen LogP contribution in [0.5, 0.6) is 0 Å². The Morgan fingerprint density at radius 3 is 2.50 bits per heavy atom. The highest BCUT2D eigenvalue weighted by molar-refractivity contribution is 7.89. The number of carbonyl (C=O) groups is 1. The molecule has 7 heteroatoms. The molecule has 0 aliphatic heterocycles. The van der Waals surface area contributed by atoms with Gasteiger partial charge in [-0.2, -0.15) is 0 Å². The number of carbonyl (C=O) groups excluding carboxylic acids is 1. The third-order valence-electron chi connectivity index (χ3n) is 5.03. The summed E-state index contributed by atoms with van der Waals surface area (Å²) in [4.78, 5) is 12.3. The van der Waals surface area contributed by atoms with Gasteiger partial charge in [0.15, 0.2) is 0 Å². The van der Waals surface area contributed by atoms with Crippen LogP contribution in [-0.2, 0) is 34.1 Å². The van der Waals surface area contributed by atoms with Crippen molar-refractivity contribution in [3.63, 3.8) is 0 Å². The van der Waals surface area contributed by atoms with E-state index >= 15 is 0 Å². The van der Waals surface area contributed by atoms with Gasteiger partial charge in [0.1, 0.15) is 0 Å². The number of benzene rings is 2. The fourth-order valence-corrected chi connectivity index (χ4v) is 4.74. The van der Waals surface area contributed by atoms with Crippen molar-refractivity contribution < 1.29 is 13.2 Å². The Labute approximate surface area is 171 Å². The van der Waals surface area contributed by atoms with Gasteiger partial charge >= 0.3 is 0 Å². The second-order valence-corrected chi connectivity index (χ2v) is 9.49. The van der Waals surface area contributed by atoms with E-state index in [-0.39, 0.29) is 22.9 Å². The van der Waals surface area contributed by atoms with E-state index in [1.807, 2.05) is 32.0 Å². The molecule has 1 amide bonds. The number of amides is 1. The number of nitrogens with one attached hydrogen (secondary N) is 2. The normalized spacial score (nSPS) is 17.2. The third-order valence-corrected chi connectivity index (χ3v) is 6.82. The number of halogens is 1. The average Bonchev–Trinajstić information content (AvgIpc) is 3.02. The monoisotopic (exact) mass is 420 g/mol. The molecule has 28 heavy (non-hydrogen) atoms. The van der Waals surface area contributed by atoms with Gasteiger partial charge < -0.3 is 5.32 Å². The number of hydrogen-bond acceptors (Lipinski definition) is 3. The lowest BCUT2D eigenvalue weighted by Crippen LogP contribution is -2.35. The van der Waals surface area contributed by atoms with Crippen LogP contribution in [0.2, 0.25) is 5.02 Å². The van der Waals surface area contributed by atoms with Gasteiger partial charge in [-0.3, -0.25) is 4.79 Å². The molecule has 0 radical (unpaired) electrons. The maximum absolute atomic E-state index is 12.6. The van der Waals surface area contributed by atoms with Gasteiger partial charge in [-0.1, -0.05) is 36.7 Å². The first kappa shape index (κ1) is 20.8. The van der Waals surface area contributed by atoms with Crippen LogP contribution in [-0.4, -0.2) is 26.4 Å². The molecule has 1 aliphatic rings. The molecule has 0 saturated heterocycles. The van der Waals surface area contributed by atoms with Crippen LogP contribution in [0.1, 0.15) is 37.0 Å². The first-order valence-corrected chi connectivity index (χ1v) is 11.3. The van der Waals surface area contributed by atoms with Gasteiger partial charge in [0, 0.05) is 17.1 Å². The maximum Gasteiger partial charge on any atom is 0.240 e. The lowest BCUT2D eigenvalue weighted by Gasteiger charge is -2.12. The van der Waals surface area contributed by atoms with Crippen molar-refractivity contribution in [3.05, 3.63) is 64.2 Å². The van der Waals surface area contributed by atoms with Crippen molar-refractivity contribution >= 4 is 27.5 Å². The summed E-state index contributed by atoms with van der Waals surface area (Å²) in [5.74, 6) is 0.00675. The molecule has 150 valence electrons. The molecule has 3 rings (SSSR count). The maximum atomic E-state index is 12.6. The first-order chi connectivity index (χ1) is 13.3. The van der Waals surface area contributed by atoms with Crippen LogP contribution < -0.4 is 10.0 Å². The summed E-state index contributed by atoms with van der Waals surface area (Å²) in [6, 6.07) is 12.1. The zero-order valence-corrected chi connectivity index (χ0v) is 17.6. The van der Waals surface area contributed by atoms with E-state index in [9.17, 15) is 13.2 Å². The van der Waals surface area contributed by atoms with Gasteiger partial charge in [-0.05, 0) is 67.1 Å². The standard InChI is InChI=1S/C21H25ClN2O3S/c1-3-14(2)23-21(25)11-15-4-5-16-12-19(13-17(16)10-15)24-28(26,27)20-8-6-18(22)7-9-20/h4-10,14,19,24H,3,11-13H2,1-2H3,(H,23,25). The molecule has 2 unspecified atom stereocenters. The quantitative estimate of drug-likeness (QED) is 0.722. The van der Waals surface area contributed by atoms with E-state index in [0.717, 1.165) is 23.1 Å². The highest BCUT2D eigenvalue weighted by atomic mass is 35.5. The highest BCUT2D eigenvalue weighted by Crippen LogP contribution is 2.25. The first-order valence-electron chi connectivity index (χ1n) is 9.44. The van der Waals surface area contributed by atoms with Crippen LogP contribution in [0, 0.1) is 0 Å². The summed E-state index contributed by atoms with van der Waals surface area (Å²) in [5.41, 5.74) is 3.16. The molecule has 5 nitrogen and oxygen atoms in total. The lowest BCUT2D eigenvalue weighted by molar-refractivity contribution is -0.121. The molecule has 0 saturated carbocycles. The van der Waals surface area contributed by atoms with Crippen LogP contribution in [0.25, 0.3) is 0 Å². The van der Waals surface area contributed by atoms with Crippen LogP contribution in [0.15, 0.2) is 47.4 Å². The van der Waals surface area contributed by atoms with Gasteiger partial charge in [-0.15, -0.1) is 0 Å². The molecule has 0 heterocycles. The van der Waals surface area contributed by atoms with Crippen molar-refractivity contribution in [2.45, 2.75) is 56.5 Å². The predicted octanol–water partition coefficient (Wildman–Crippen LogP) is 3.24. The van der Waals surface area contributed by atoms with E-state index in [2.05, 4.69) is 10.0 Å². The van der Waals surface area contributed by atoms with Crippen molar-refractivity contribution in [2.24, 2.45) is 0 Å². The minimum atomic E-state index is -3.60. The molecular weight excluding hydrogens is 396 g/mol. The summed E-state index contributed by atoms with van der Waals surface area (Å²) < 4.78 is 28.0. The molecule has 0 aromatic heterocycles. The summed E-state index contributed by atoms with van der Waals surface area (Å²) >= 11 is 5.84. The Hall–Kier alpha value is -1.89. The van der Waals surface area contributed by atoms with E-state index in [0.29, 0.717) is 24.3 Å². The van der Waals surface area contributed by atoms with Gasteiger partial charge in [0.05, 0.1) is 11.3 Å². The van der Waals surface area contributed by atoms with Gasteiger partial charge in [0.25, 0.3) is 0 Å². The molecule has 2 atom stereocenters. The second kappa shape index (κ2) is 8.64. The second-order valence-electron chi connectivity index (χ2n) is 7.34. The molecule has 0 fully saturated rings. The van der Waals surface area contributed by atoms with Crippen LogP contribution >= 0.6 is 11.6 Å². The van der Waals surface area contributed by atoms with Gasteiger partial charge in [0.2, 0.25) is 15.9 Å². The van der Waals surface area contributed by atoms with Crippen LogP contribution in [0.3, 0.4) is 0 Å². The molecule has 2 N–H and O–H groups in total. The molecular formula is C21H25ClN2O3S. The average molecular weight is 421 g/mol. The largest absolute Gasteiger partial charge is 0.353 e. The smallest absolute Gasteiger partial charge is 0.240 e. The van der Waals surface area contributed by atoms with E-state index in [1.165, 1.54) is 12.1 Å². The van der Waals surface area contributed by atoms with Crippen molar-refractivity contribution in [1.82, 2.24) is 10.0 Å². The number of rotatable bonds is 7. The summed E-state index contributed by atoms with van der Waals surface area (Å²) in [6.07, 6.45) is 2.48. The number of hydrogen-bond donors (Lipinski definition) is 2. The zero-order valence-electron chi connectivity index (χ0n) is 16.0. The van der Waals surface area contributed by atoms with Gasteiger partial charge in [-0.25, -0.2) is 13.1 Å². The lowest BCUT2D eigenvalue weighted by atomic mass is 10.0. The fourth-order valence-electron chi connectivity index (χ4n) is 3.38. The molecule has 0 bridgehead atoms. The minimum Gasteiger partial charge on any atom is -0.353 e. The Balaban J connectivity index is 1.64. The van der Waals surface area contributed by atoms with E-state index < -0.39 is 10.0 Å². The number of sulfonamides is 1. The summed E-state index contributed by atoms with van der Waals surface area (Å²) in [7, 11) is -3.60. The molecule has 2 aromatic carbocycles. The highest BCUT2D eigenvalue weighted by Gasteiger charge is 2.27. The van der Waals surface area contributed by atoms with E-state index in [1.54, 1.807) is 12.1 Å². The zero-order chi connectivity index (χ0) is 20.3. The molecule has 0 spiro atoms. The Bertz CT molecular complexity index is 958. The Morgan fingerprint density at radius 2 is 1.82 bits per heavy atom. The fraction of sp³-hybridized carbons (Fsp3) is 0.381.